The van der Waals surface area contributed by atoms with Crippen molar-refractivity contribution in [1.82, 2.24) is 4.90 Å². The summed E-state index contributed by atoms with van der Waals surface area (Å²) in [6, 6.07) is 7.83. The smallest absolute Gasteiger partial charge is 0.363 e. The van der Waals surface area contributed by atoms with Crippen LogP contribution in [0.15, 0.2) is 34.6 Å². The summed E-state index contributed by atoms with van der Waals surface area (Å²) in [6.45, 7) is 11.5. The average Bonchev–Trinajstić information content (AvgIpc) is 3.09. The van der Waals surface area contributed by atoms with Gasteiger partial charge in [-0.1, -0.05) is 92.1 Å². The molecule has 0 radical (unpaired) electrons. The van der Waals surface area contributed by atoms with Crippen LogP contribution in [0.1, 0.15) is 44.5 Å². The molecule has 0 saturated heterocycles. The van der Waals surface area contributed by atoms with Crippen molar-refractivity contribution in [3.63, 3.8) is 0 Å². The van der Waals surface area contributed by atoms with E-state index < -0.39 is 16.1 Å². The van der Waals surface area contributed by atoms with Gasteiger partial charge < -0.3 is 4.84 Å². The molecule has 6 nitrogen and oxygen atoms in total. The van der Waals surface area contributed by atoms with Gasteiger partial charge in [-0.25, -0.2) is 9.69 Å². The van der Waals surface area contributed by atoms with E-state index in [1.54, 1.807) is 0 Å². The van der Waals surface area contributed by atoms with Crippen molar-refractivity contribution in [2.45, 2.75) is 51.6 Å². The number of aryl methyl sites for hydroxylation is 6. The van der Waals surface area contributed by atoms with Crippen LogP contribution < -0.4 is 0 Å². The molecule has 0 fully saturated rings. The van der Waals surface area contributed by atoms with Gasteiger partial charge in [-0.05, 0) is 63.8 Å². The van der Waals surface area contributed by atoms with Crippen molar-refractivity contribution in [2.75, 3.05) is 0 Å². The zero-order valence-corrected chi connectivity index (χ0v) is 22.0. The summed E-state index contributed by atoms with van der Waals surface area (Å²) in [6.07, 6.45) is -2.32. The summed E-state index contributed by atoms with van der Waals surface area (Å²) < 4.78 is -2.01. The lowest BCUT2D eigenvalue weighted by Gasteiger charge is -2.27. The third kappa shape index (κ3) is 5.40. The van der Waals surface area contributed by atoms with Gasteiger partial charge in [-0.15, -0.1) is 0 Å². The molecule has 0 N–H and O–H groups in total. The van der Waals surface area contributed by atoms with E-state index in [0.717, 1.165) is 38.3 Å². The van der Waals surface area contributed by atoms with E-state index in [1.165, 1.54) is 0 Å². The minimum Gasteiger partial charge on any atom is -0.363 e. The van der Waals surface area contributed by atoms with E-state index in [9.17, 15) is 4.79 Å². The lowest BCUT2D eigenvalue weighted by atomic mass is 9.98. The second-order valence-electron chi connectivity index (χ2n) is 8.07. The van der Waals surface area contributed by atoms with Crippen LogP contribution in [0.5, 0.6) is 0 Å². The van der Waals surface area contributed by atoms with E-state index >= 15 is 0 Å². The summed E-state index contributed by atoms with van der Waals surface area (Å²) in [5.41, 5.74) is 7.00. The third-order valence-electron chi connectivity index (χ3n) is 5.17. The molecule has 0 bridgehead atoms. The molecular weight excluding hydrogens is 508 g/mol. The molecular formula is C23H23Cl4N3O3. The molecule has 1 heterocycles. The van der Waals surface area contributed by atoms with Crippen molar-refractivity contribution < 1.29 is 14.5 Å². The molecule has 2 aromatic rings. The Hall–Kier alpha value is -1.99. The van der Waals surface area contributed by atoms with E-state index in [2.05, 4.69) is 10.3 Å². The molecule has 1 amide bonds. The molecule has 0 saturated carbocycles. The Balaban J connectivity index is 1.97. The van der Waals surface area contributed by atoms with Crippen LogP contribution in [0.3, 0.4) is 0 Å². The monoisotopic (exact) mass is 529 g/mol. The quantitative estimate of drug-likeness (QED) is 0.186. The first kappa shape index (κ1) is 25.6. The number of carbonyl (C=O) groups is 1. The highest BCUT2D eigenvalue weighted by Crippen LogP contribution is 2.39. The molecule has 0 aliphatic carbocycles. The number of benzene rings is 2. The Morgan fingerprint density at radius 1 is 0.970 bits per heavy atom. The van der Waals surface area contributed by atoms with Crippen molar-refractivity contribution in [2.24, 2.45) is 10.3 Å². The van der Waals surface area contributed by atoms with Gasteiger partial charge in [0.05, 0.1) is 0 Å². The van der Waals surface area contributed by atoms with Crippen LogP contribution in [0.2, 0.25) is 0 Å². The summed E-state index contributed by atoms with van der Waals surface area (Å²) in [5, 5.41) is 7.90. The molecule has 0 aromatic heterocycles. The maximum atomic E-state index is 13.1. The molecule has 1 atom stereocenters. The maximum absolute atomic E-state index is 13.1. The number of oxime groups is 2. The second-order valence-corrected chi connectivity index (χ2v) is 10.8. The standard InChI is InChI=1S/C23H23Cl4N3O3/c1-11-7-13(3)17(14(4)8-11)19(24)28-33-22(31)30-20(29-32-21(30)23(25,26)27)18-15(5)9-12(2)10-16(18)6/h7-10,21H,1-6H3. The summed E-state index contributed by atoms with van der Waals surface area (Å²) in [5.74, 6) is 0.153. The minimum atomic E-state index is -2.01. The van der Waals surface area contributed by atoms with E-state index in [1.807, 2.05) is 65.8 Å². The zero-order chi connectivity index (χ0) is 24.7. The van der Waals surface area contributed by atoms with Crippen LogP contribution in [0.4, 0.5) is 4.79 Å². The van der Waals surface area contributed by atoms with Crippen molar-refractivity contribution >= 4 is 63.5 Å². The molecule has 1 aliphatic rings. The number of nitrogens with zero attached hydrogens (tertiary/aromatic N) is 3. The average molecular weight is 531 g/mol. The molecule has 1 unspecified atom stereocenters. The number of carbonyl (C=O) groups excluding carboxylic acids is 1. The normalized spacial score (nSPS) is 16.5. The summed E-state index contributed by atoms with van der Waals surface area (Å²) >= 11 is 24.6. The van der Waals surface area contributed by atoms with E-state index in [0.29, 0.717) is 11.1 Å². The van der Waals surface area contributed by atoms with Gasteiger partial charge in [0.15, 0.2) is 11.0 Å². The SMILES string of the molecule is Cc1cc(C)c(C(Cl)=NOC(=O)N2C(c3c(C)cc(C)cc3C)=NOC2C(Cl)(Cl)Cl)c(C)c1. The zero-order valence-electron chi connectivity index (χ0n) is 19.0. The van der Waals surface area contributed by atoms with E-state index in [-0.39, 0.29) is 11.0 Å². The fourth-order valence-corrected chi connectivity index (χ4v) is 4.81. The van der Waals surface area contributed by atoms with Gasteiger partial charge in [0.2, 0.25) is 3.79 Å². The highest BCUT2D eigenvalue weighted by Gasteiger charge is 2.50. The van der Waals surface area contributed by atoms with Crippen LogP contribution in [0, 0.1) is 41.5 Å². The topological polar surface area (TPSA) is 63.5 Å². The Bertz CT molecular complexity index is 1130. The van der Waals surface area contributed by atoms with Gasteiger partial charge in [0, 0.05) is 11.1 Å². The fourth-order valence-electron chi connectivity index (χ4n) is 4.06. The van der Waals surface area contributed by atoms with Crippen molar-refractivity contribution in [3.8, 4) is 0 Å². The predicted octanol–water partition coefficient (Wildman–Crippen LogP) is 6.96. The molecule has 10 heteroatoms. The largest absolute Gasteiger partial charge is 0.445 e. The Morgan fingerprint density at radius 2 is 1.45 bits per heavy atom. The summed E-state index contributed by atoms with van der Waals surface area (Å²) in [4.78, 5) is 24.7. The van der Waals surface area contributed by atoms with Crippen LogP contribution in [0.25, 0.3) is 0 Å². The number of rotatable bonds is 3. The first-order chi connectivity index (χ1) is 15.3. The highest BCUT2D eigenvalue weighted by atomic mass is 35.6. The molecule has 176 valence electrons. The van der Waals surface area contributed by atoms with Gasteiger partial charge in [0.1, 0.15) is 0 Å². The van der Waals surface area contributed by atoms with Gasteiger partial charge in [-0.3, -0.25) is 4.84 Å². The maximum Gasteiger partial charge on any atom is 0.445 e. The number of amides is 1. The van der Waals surface area contributed by atoms with Crippen molar-refractivity contribution in [3.05, 3.63) is 68.8 Å². The minimum absolute atomic E-state index is 0.0186. The first-order valence-electron chi connectivity index (χ1n) is 10.0. The fraction of sp³-hybridized carbons (Fsp3) is 0.348. The molecule has 3 rings (SSSR count). The number of hydrogen-bond acceptors (Lipinski definition) is 5. The van der Waals surface area contributed by atoms with Gasteiger partial charge >= 0.3 is 6.09 Å². The summed E-state index contributed by atoms with van der Waals surface area (Å²) in [7, 11) is 0. The van der Waals surface area contributed by atoms with Crippen LogP contribution >= 0.6 is 46.4 Å². The van der Waals surface area contributed by atoms with Crippen molar-refractivity contribution in [1.29, 1.82) is 0 Å². The molecule has 2 aromatic carbocycles. The third-order valence-corrected chi connectivity index (χ3v) is 5.98. The van der Waals surface area contributed by atoms with Crippen LogP contribution in [-0.2, 0) is 9.68 Å². The first-order valence-corrected chi connectivity index (χ1v) is 11.5. The second kappa shape index (κ2) is 9.71. The molecule has 0 spiro atoms. The highest BCUT2D eigenvalue weighted by molar-refractivity contribution is 6.70. The van der Waals surface area contributed by atoms with E-state index in [4.69, 9.17) is 56.1 Å². The molecule has 1 aliphatic heterocycles. The van der Waals surface area contributed by atoms with Gasteiger partial charge in [0.25, 0.3) is 6.23 Å². The Kier molecular flexibility index (Phi) is 7.54. The Labute approximate surface area is 213 Å². The number of alkyl halides is 3. The number of hydrogen-bond donors (Lipinski definition) is 0. The predicted molar refractivity (Wildman–Crippen MR) is 134 cm³/mol. The Morgan fingerprint density at radius 3 is 1.94 bits per heavy atom. The lowest BCUT2D eigenvalue weighted by Crippen LogP contribution is -2.48. The van der Waals surface area contributed by atoms with Gasteiger partial charge in [-0.2, -0.15) is 0 Å². The number of amidine groups is 1. The van der Waals surface area contributed by atoms with Crippen LogP contribution in [-0.4, -0.2) is 32.0 Å². The lowest BCUT2D eigenvalue weighted by molar-refractivity contribution is 0.0102. The number of halogens is 4. The molecule has 33 heavy (non-hydrogen) atoms.